The number of amides is 2. The van der Waals surface area contributed by atoms with Gasteiger partial charge in [0.2, 0.25) is 5.91 Å². The van der Waals surface area contributed by atoms with Crippen molar-refractivity contribution in [2.24, 2.45) is 5.92 Å². The van der Waals surface area contributed by atoms with Crippen molar-refractivity contribution in [2.75, 3.05) is 33.3 Å². The zero-order chi connectivity index (χ0) is 22.4. The first kappa shape index (κ1) is 22.3. The number of aromatic amines is 1. The average molecular weight is 425 g/mol. The number of pyridine rings is 1. The minimum atomic E-state index is -0.534. The van der Waals surface area contributed by atoms with Crippen molar-refractivity contribution >= 4 is 17.8 Å². The quantitative estimate of drug-likeness (QED) is 0.713. The van der Waals surface area contributed by atoms with Gasteiger partial charge in [0.15, 0.2) is 0 Å². The highest BCUT2D eigenvalue weighted by atomic mass is 16.5. The molecular formula is C23H27N3O5. The lowest BCUT2D eigenvalue weighted by atomic mass is 9.98. The fourth-order valence-electron chi connectivity index (χ4n) is 3.66. The molecule has 1 aliphatic heterocycles. The molecule has 0 spiro atoms. The van der Waals surface area contributed by atoms with Crippen LogP contribution in [-0.2, 0) is 14.3 Å². The van der Waals surface area contributed by atoms with E-state index in [1.165, 1.54) is 18.0 Å². The van der Waals surface area contributed by atoms with Crippen molar-refractivity contribution in [2.45, 2.75) is 19.8 Å². The lowest BCUT2D eigenvalue weighted by Crippen LogP contribution is -2.47. The predicted octanol–water partition coefficient (Wildman–Crippen LogP) is 1.92. The molecule has 31 heavy (non-hydrogen) atoms. The Morgan fingerprint density at radius 1 is 1.16 bits per heavy atom. The Morgan fingerprint density at radius 3 is 2.58 bits per heavy atom. The second-order valence-electron chi connectivity index (χ2n) is 7.57. The first-order valence-electron chi connectivity index (χ1n) is 10.4. The summed E-state index contributed by atoms with van der Waals surface area (Å²) in [5, 5.41) is 0. The molecule has 2 amide bonds. The summed E-state index contributed by atoms with van der Waals surface area (Å²) in [7, 11) is 1.48. The summed E-state index contributed by atoms with van der Waals surface area (Å²) in [6, 6.07) is 12.5. The summed E-state index contributed by atoms with van der Waals surface area (Å²) in [5.41, 5.74) is 0.909. The number of likely N-dealkylation sites (N-methyl/N-ethyl adjacent to an activating group) is 1. The molecule has 1 atom stereocenters. The van der Waals surface area contributed by atoms with Crippen molar-refractivity contribution in [1.29, 1.82) is 0 Å². The Hall–Kier alpha value is -3.42. The summed E-state index contributed by atoms with van der Waals surface area (Å²) < 4.78 is 5.06. The van der Waals surface area contributed by atoms with E-state index in [9.17, 15) is 19.2 Å². The Balaban J connectivity index is 1.64. The molecule has 0 aliphatic carbocycles. The van der Waals surface area contributed by atoms with Crippen LogP contribution in [0.25, 0.3) is 11.3 Å². The number of carbonyl (C=O) groups is 3. The molecule has 1 N–H and O–H groups in total. The number of likely N-dealkylation sites (tertiary alicyclic amines) is 1. The summed E-state index contributed by atoms with van der Waals surface area (Å²) in [5.74, 6) is -1.43. The fourth-order valence-corrected chi connectivity index (χ4v) is 3.66. The molecule has 8 nitrogen and oxygen atoms in total. The van der Waals surface area contributed by atoms with E-state index >= 15 is 0 Å². The van der Waals surface area contributed by atoms with Crippen molar-refractivity contribution < 1.29 is 19.1 Å². The van der Waals surface area contributed by atoms with Gasteiger partial charge in [0.05, 0.1) is 19.1 Å². The number of ether oxygens (including phenoxy) is 1. The molecule has 0 saturated carbocycles. The number of esters is 1. The number of H-pyrrole nitrogens is 1. The van der Waals surface area contributed by atoms with Crippen LogP contribution < -0.4 is 5.56 Å². The highest BCUT2D eigenvalue weighted by molar-refractivity contribution is 5.96. The van der Waals surface area contributed by atoms with E-state index in [1.54, 1.807) is 17.9 Å². The topological polar surface area (TPSA) is 99.8 Å². The van der Waals surface area contributed by atoms with Gasteiger partial charge >= 0.3 is 5.97 Å². The molecule has 1 aliphatic rings. The smallest absolute Gasteiger partial charge is 0.310 e. The SMILES string of the molecule is CCOC(=O)C1CCCN(C(=O)CN(C)C(=O)c2ccc(-c3ccccc3)[nH]c2=O)C1. The monoisotopic (exact) mass is 425 g/mol. The molecule has 2 heterocycles. The third-order valence-electron chi connectivity index (χ3n) is 5.34. The zero-order valence-electron chi connectivity index (χ0n) is 17.8. The van der Waals surface area contributed by atoms with Crippen molar-refractivity contribution in [3.8, 4) is 11.3 Å². The minimum Gasteiger partial charge on any atom is -0.466 e. The number of nitrogens with zero attached hydrogens (tertiary/aromatic N) is 2. The largest absolute Gasteiger partial charge is 0.466 e. The van der Waals surface area contributed by atoms with Gasteiger partial charge in [0.1, 0.15) is 5.56 Å². The van der Waals surface area contributed by atoms with E-state index in [1.807, 2.05) is 30.3 Å². The Morgan fingerprint density at radius 2 is 1.90 bits per heavy atom. The van der Waals surface area contributed by atoms with Crippen molar-refractivity contribution in [3.05, 3.63) is 58.4 Å². The summed E-state index contributed by atoms with van der Waals surface area (Å²) in [6.07, 6.45) is 1.38. The molecule has 3 rings (SSSR count). The number of hydrogen-bond donors (Lipinski definition) is 1. The number of hydrogen-bond acceptors (Lipinski definition) is 5. The maximum Gasteiger partial charge on any atom is 0.310 e. The van der Waals surface area contributed by atoms with Crippen LogP contribution in [0.2, 0.25) is 0 Å². The van der Waals surface area contributed by atoms with E-state index in [0.717, 1.165) is 5.56 Å². The molecule has 1 fully saturated rings. The molecule has 1 unspecified atom stereocenters. The van der Waals surface area contributed by atoms with Gasteiger partial charge in [0, 0.05) is 25.8 Å². The highest BCUT2D eigenvalue weighted by Gasteiger charge is 2.30. The first-order valence-corrected chi connectivity index (χ1v) is 10.4. The highest BCUT2D eigenvalue weighted by Crippen LogP contribution is 2.19. The predicted molar refractivity (Wildman–Crippen MR) is 115 cm³/mol. The van der Waals surface area contributed by atoms with Gasteiger partial charge in [-0.15, -0.1) is 0 Å². The minimum absolute atomic E-state index is 0.0296. The van der Waals surface area contributed by atoms with Crippen LogP contribution in [0.5, 0.6) is 0 Å². The van der Waals surface area contributed by atoms with Gasteiger partial charge < -0.3 is 19.5 Å². The van der Waals surface area contributed by atoms with Gasteiger partial charge in [-0.25, -0.2) is 0 Å². The molecule has 1 saturated heterocycles. The first-order chi connectivity index (χ1) is 14.9. The third kappa shape index (κ3) is 5.39. The second kappa shape index (κ2) is 10.1. The van der Waals surface area contributed by atoms with Crippen LogP contribution in [0, 0.1) is 5.92 Å². The summed E-state index contributed by atoms with van der Waals surface area (Å²) in [4.78, 5) is 55.4. The number of nitrogens with one attached hydrogen (secondary N) is 1. The van der Waals surface area contributed by atoms with Crippen LogP contribution in [-0.4, -0.2) is 65.9 Å². The van der Waals surface area contributed by atoms with Gasteiger partial charge in [0.25, 0.3) is 11.5 Å². The third-order valence-corrected chi connectivity index (χ3v) is 5.34. The fraction of sp³-hybridized carbons (Fsp3) is 0.391. The zero-order valence-corrected chi connectivity index (χ0v) is 17.8. The van der Waals surface area contributed by atoms with Crippen LogP contribution in [0.1, 0.15) is 30.1 Å². The molecule has 164 valence electrons. The van der Waals surface area contributed by atoms with E-state index in [0.29, 0.717) is 31.7 Å². The van der Waals surface area contributed by atoms with Crippen molar-refractivity contribution in [3.63, 3.8) is 0 Å². The lowest BCUT2D eigenvalue weighted by molar-refractivity contribution is -0.151. The Labute approximate surface area is 180 Å². The summed E-state index contributed by atoms with van der Waals surface area (Å²) >= 11 is 0. The maximum atomic E-state index is 12.8. The lowest BCUT2D eigenvalue weighted by Gasteiger charge is -2.32. The summed E-state index contributed by atoms with van der Waals surface area (Å²) in [6.45, 7) is 2.69. The molecule has 1 aromatic heterocycles. The molecule has 8 heteroatoms. The molecular weight excluding hydrogens is 398 g/mol. The number of carbonyl (C=O) groups excluding carboxylic acids is 3. The number of rotatable bonds is 6. The van der Waals surface area contributed by atoms with Crippen molar-refractivity contribution in [1.82, 2.24) is 14.8 Å². The van der Waals surface area contributed by atoms with Gasteiger partial charge in [-0.3, -0.25) is 19.2 Å². The van der Waals surface area contributed by atoms with Crippen LogP contribution >= 0.6 is 0 Å². The van der Waals surface area contributed by atoms with Gasteiger partial charge in [-0.05, 0) is 37.5 Å². The molecule has 0 radical (unpaired) electrons. The Bertz CT molecular complexity index is 1000. The van der Waals surface area contributed by atoms with Gasteiger partial charge in [-0.2, -0.15) is 0 Å². The van der Waals surface area contributed by atoms with Gasteiger partial charge in [-0.1, -0.05) is 30.3 Å². The average Bonchev–Trinajstić information content (AvgIpc) is 2.79. The number of aromatic nitrogens is 1. The van der Waals surface area contributed by atoms with E-state index < -0.39 is 11.5 Å². The normalized spacial score (nSPS) is 15.9. The Kier molecular flexibility index (Phi) is 7.23. The molecule has 2 aromatic rings. The van der Waals surface area contributed by atoms with E-state index in [-0.39, 0.29) is 36.4 Å². The standard InChI is InChI=1S/C23H27N3O5/c1-3-31-23(30)17-10-7-13-26(14-17)20(27)15-25(2)22(29)18-11-12-19(24-21(18)28)16-8-5-4-6-9-16/h4-6,8-9,11-12,17H,3,7,10,13-15H2,1-2H3,(H,24,28). The molecule has 1 aromatic carbocycles. The van der Waals surface area contributed by atoms with Crippen LogP contribution in [0.15, 0.2) is 47.3 Å². The second-order valence-corrected chi connectivity index (χ2v) is 7.57. The van der Waals surface area contributed by atoms with Crippen LogP contribution in [0.3, 0.4) is 0 Å². The number of piperidine rings is 1. The van der Waals surface area contributed by atoms with E-state index in [2.05, 4.69) is 4.98 Å². The number of benzene rings is 1. The van der Waals surface area contributed by atoms with Crippen LogP contribution in [0.4, 0.5) is 0 Å². The molecule has 0 bridgehead atoms. The van der Waals surface area contributed by atoms with E-state index in [4.69, 9.17) is 4.74 Å². The maximum absolute atomic E-state index is 12.8.